The zero-order valence-electron chi connectivity index (χ0n) is 13.6. The molecule has 3 nitrogen and oxygen atoms in total. The molecule has 0 unspecified atom stereocenters. The van der Waals surface area contributed by atoms with Crippen LogP contribution in [-0.4, -0.2) is 16.7 Å². The number of fused-ring (bicyclic) bond motifs is 1. The highest BCUT2D eigenvalue weighted by Crippen LogP contribution is 2.40. The van der Waals surface area contributed by atoms with Crippen LogP contribution in [0.25, 0.3) is 21.8 Å². The van der Waals surface area contributed by atoms with Gasteiger partial charge in [-0.1, -0.05) is 36.4 Å². The number of thiophene rings is 1. The highest BCUT2D eigenvalue weighted by Gasteiger charge is 2.24. The Hall–Kier alpha value is -2.08. The number of thioether (sulfide) groups is 1. The fourth-order valence-electron chi connectivity index (χ4n) is 3.06. The molecule has 3 heterocycles. The highest BCUT2D eigenvalue weighted by atomic mass is 32.2. The van der Waals surface area contributed by atoms with Crippen molar-refractivity contribution in [2.75, 3.05) is 6.61 Å². The molecule has 0 saturated carbocycles. The molecule has 25 heavy (non-hydrogen) atoms. The van der Waals surface area contributed by atoms with Gasteiger partial charge in [-0.3, -0.25) is 4.98 Å². The first-order valence-corrected chi connectivity index (χ1v) is 9.98. The molecular weight excluding hydrogens is 348 g/mol. The lowest BCUT2D eigenvalue weighted by atomic mass is 9.94. The van der Waals surface area contributed by atoms with Crippen LogP contribution in [0, 0.1) is 0 Å². The standard InChI is InChI=1S/C20H18N2OS2/c21-20-18(11-23)25-12-16-19(20)14(13-6-3-1-2-4-7-13)10-15(22-16)17-8-5-9-24-17/h1-3,5-10,23H,4,11-12,21H2. The van der Waals surface area contributed by atoms with E-state index in [1.165, 1.54) is 0 Å². The lowest BCUT2D eigenvalue weighted by Crippen LogP contribution is -2.14. The second-order valence-corrected chi connectivity index (χ2v) is 7.84. The molecule has 4 rings (SSSR count). The van der Waals surface area contributed by atoms with Crippen molar-refractivity contribution >= 4 is 34.4 Å². The van der Waals surface area contributed by atoms with Crippen LogP contribution in [0.15, 0.2) is 58.9 Å². The minimum absolute atomic E-state index is 0.0293. The van der Waals surface area contributed by atoms with Gasteiger partial charge in [0.2, 0.25) is 0 Å². The van der Waals surface area contributed by atoms with Crippen molar-refractivity contribution in [3.63, 3.8) is 0 Å². The summed E-state index contributed by atoms with van der Waals surface area (Å²) in [5.41, 5.74) is 12.3. The summed E-state index contributed by atoms with van der Waals surface area (Å²) in [6.07, 6.45) is 11.5. The summed E-state index contributed by atoms with van der Waals surface area (Å²) in [7, 11) is 0. The Balaban J connectivity index is 1.95. The maximum absolute atomic E-state index is 9.62. The predicted octanol–water partition coefficient (Wildman–Crippen LogP) is 4.58. The second-order valence-electron chi connectivity index (χ2n) is 5.82. The van der Waals surface area contributed by atoms with Gasteiger partial charge in [-0.2, -0.15) is 0 Å². The summed E-state index contributed by atoms with van der Waals surface area (Å²) in [6, 6.07) is 6.27. The van der Waals surface area contributed by atoms with Crippen molar-refractivity contribution in [3.05, 3.63) is 75.7 Å². The maximum atomic E-state index is 9.62. The maximum Gasteiger partial charge on any atom is 0.0812 e. The van der Waals surface area contributed by atoms with Gasteiger partial charge in [0.05, 0.1) is 28.6 Å². The van der Waals surface area contributed by atoms with E-state index in [1.807, 2.05) is 6.07 Å². The topological polar surface area (TPSA) is 59.1 Å². The Morgan fingerprint density at radius 2 is 2.20 bits per heavy atom. The highest BCUT2D eigenvalue weighted by molar-refractivity contribution is 8.02. The smallest absolute Gasteiger partial charge is 0.0812 e. The van der Waals surface area contributed by atoms with Crippen molar-refractivity contribution in [2.45, 2.75) is 12.2 Å². The largest absolute Gasteiger partial charge is 0.397 e. The van der Waals surface area contributed by atoms with Crippen molar-refractivity contribution in [1.29, 1.82) is 0 Å². The van der Waals surface area contributed by atoms with Crippen LogP contribution < -0.4 is 5.73 Å². The van der Waals surface area contributed by atoms with E-state index in [2.05, 4.69) is 47.9 Å². The van der Waals surface area contributed by atoms with E-state index in [0.717, 1.165) is 50.0 Å². The van der Waals surface area contributed by atoms with Gasteiger partial charge in [0.15, 0.2) is 0 Å². The third-order valence-corrected chi connectivity index (χ3v) is 6.28. The quantitative estimate of drug-likeness (QED) is 0.835. The van der Waals surface area contributed by atoms with Crippen LogP contribution in [-0.2, 0) is 5.75 Å². The van der Waals surface area contributed by atoms with E-state index in [-0.39, 0.29) is 6.61 Å². The second kappa shape index (κ2) is 7.04. The van der Waals surface area contributed by atoms with Crippen LogP contribution in [0.3, 0.4) is 0 Å². The Bertz CT molecular complexity index is 921. The van der Waals surface area contributed by atoms with E-state index in [9.17, 15) is 5.11 Å². The first kappa shape index (κ1) is 16.4. The van der Waals surface area contributed by atoms with Crippen LogP contribution in [0.2, 0.25) is 0 Å². The normalized spacial score (nSPS) is 16.6. The van der Waals surface area contributed by atoms with E-state index >= 15 is 0 Å². The molecule has 1 aliphatic carbocycles. The molecule has 5 heteroatoms. The zero-order chi connectivity index (χ0) is 17.2. The number of aliphatic hydroxyl groups excluding tert-OH is 1. The molecular formula is C20H18N2OS2. The Kier molecular flexibility index (Phi) is 4.61. The van der Waals surface area contributed by atoms with Crippen LogP contribution in [0.4, 0.5) is 0 Å². The lowest BCUT2D eigenvalue weighted by Gasteiger charge is -2.23. The first-order valence-electron chi connectivity index (χ1n) is 8.12. The Morgan fingerprint density at radius 1 is 1.28 bits per heavy atom. The third-order valence-electron chi connectivity index (χ3n) is 4.27. The van der Waals surface area contributed by atoms with Crippen molar-refractivity contribution in [3.8, 4) is 10.6 Å². The number of hydrogen-bond acceptors (Lipinski definition) is 5. The van der Waals surface area contributed by atoms with Gasteiger partial charge in [0.1, 0.15) is 0 Å². The van der Waals surface area contributed by atoms with Crippen molar-refractivity contribution in [1.82, 2.24) is 4.98 Å². The molecule has 2 aliphatic rings. The number of hydrogen-bond donors (Lipinski definition) is 2. The number of nitrogens with zero attached hydrogens (tertiary/aromatic N) is 1. The van der Waals surface area contributed by atoms with Gasteiger partial charge in [-0.15, -0.1) is 23.1 Å². The van der Waals surface area contributed by atoms with Crippen molar-refractivity contribution < 1.29 is 5.11 Å². The summed E-state index contributed by atoms with van der Waals surface area (Å²) < 4.78 is 0. The van der Waals surface area contributed by atoms with E-state index < -0.39 is 0 Å². The summed E-state index contributed by atoms with van der Waals surface area (Å²) in [6.45, 7) is -0.0293. The van der Waals surface area contributed by atoms with Crippen LogP contribution in [0.1, 0.15) is 23.2 Å². The number of aliphatic hydroxyl groups is 1. The summed E-state index contributed by atoms with van der Waals surface area (Å²) in [4.78, 5) is 6.86. The number of aromatic nitrogens is 1. The molecule has 0 amide bonds. The van der Waals surface area contributed by atoms with Gasteiger partial charge in [-0.25, -0.2) is 0 Å². The minimum atomic E-state index is -0.0293. The monoisotopic (exact) mass is 366 g/mol. The Labute approximate surface area is 155 Å². The number of nitrogens with two attached hydrogens (primary N) is 1. The van der Waals surface area contributed by atoms with Gasteiger partial charge in [0, 0.05) is 16.2 Å². The van der Waals surface area contributed by atoms with Gasteiger partial charge < -0.3 is 10.8 Å². The lowest BCUT2D eigenvalue weighted by molar-refractivity contribution is 0.339. The Morgan fingerprint density at radius 3 is 3.00 bits per heavy atom. The average Bonchev–Trinajstić information content (AvgIpc) is 3.04. The molecule has 0 spiro atoms. The van der Waals surface area contributed by atoms with Gasteiger partial charge in [-0.05, 0) is 35.1 Å². The average molecular weight is 367 g/mol. The predicted molar refractivity (Wildman–Crippen MR) is 108 cm³/mol. The molecule has 2 aromatic rings. The van der Waals surface area contributed by atoms with Gasteiger partial charge in [0.25, 0.3) is 0 Å². The van der Waals surface area contributed by atoms with E-state index in [4.69, 9.17) is 10.7 Å². The molecule has 2 aromatic heterocycles. The molecule has 1 aliphatic heterocycles. The van der Waals surface area contributed by atoms with Crippen molar-refractivity contribution in [2.24, 2.45) is 5.73 Å². The van der Waals surface area contributed by atoms with E-state index in [1.54, 1.807) is 23.1 Å². The third kappa shape index (κ3) is 3.11. The van der Waals surface area contributed by atoms with Gasteiger partial charge >= 0.3 is 0 Å². The summed E-state index contributed by atoms with van der Waals surface area (Å²) in [5.74, 6) is 0.730. The number of pyridine rings is 1. The zero-order valence-corrected chi connectivity index (χ0v) is 15.2. The molecule has 0 radical (unpaired) electrons. The minimum Gasteiger partial charge on any atom is -0.397 e. The molecule has 0 atom stereocenters. The summed E-state index contributed by atoms with van der Waals surface area (Å²) in [5, 5.41) is 11.7. The summed E-state index contributed by atoms with van der Waals surface area (Å²) >= 11 is 3.26. The molecule has 0 saturated heterocycles. The molecule has 0 fully saturated rings. The first-order chi connectivity index (χ1) is 12.3. The number of rotatable bonds is 3. The molecule has 0 bridgehead atoms. The van der Waals surface area contributed by atoms with Crippen LogP contribution >= 0.6 is 23.1 Å². The molecule has 0 aromatic carbocycles. The van der Waals surface area contributed by atoms with E-state index in [0.29, 0.717) is 5.70 Å². The fourth-order valence-corrected chi connectivity index (χ4v) is 4.62. The SMILES string of the molecule is NC1=C(CO)SCc2nc(-c3cccs3)cc(C3=CCC=CC=C3)c21. The van der Waals surface area contributed by atoms with Crippen LogP contribution in [0.5, 0.6) is 0 Å². The molecule has 126 valence electrons. The molecule has 3 N–H and O–H groups in total. The fraction of sp³-hybridized carbons (Fsp3) is 0.150. The number of allylic oxidation sites excluding steroid dienone is 6.